The van der Waals surface area contributed by atoms with Gasteiger partial charge in [-0.25, -0.2) is 8.42 Å². The number of rotatable bonds is 7. The van der Waals surface area contributed by atoms with Crippen LogP contribution in [0, 0.1) is 0 Å². The van der Waals surface area contributed by atoms with E-state index in [1.807, 2.05) is 6.07 Å². The molecule has 6 nitrogen and oxygen atoms in total. The Balaban J connectivity index is 2.07. The van der Waals surface area contributed by atoms with Gasteiger partial charge < -0.3 is 10.2 Å². The lowest BCUT2D eigenvalue weighted by molar-refractivity contribution is 0.0941. The fourth-order valence-corrected chi connectivity index (χ4v) is 4.49. The summed E-state index contributed by atoms with van der Waals surface area (Å²) in [5.74, 6) is -0.0740. The first-order valence-corrected chi connectivity index (χ1v) is 9.98. The van der Waals surface area contributed by atoms with Crippen LogP contribution in [0.5, 0.6) is 0 Å². The molecule has 128 valence electrons. The number of carbonyl (C=O) groups excluding carboxylic acids is 1. The lowest BCUT2D eigenvalue weighted by Crippen LogP contribution is -2.35. The van der Waals surface area contributed by atoms with E-state index in [0.29, 0.717) is 12.0 Å². The van der Waals surface area contributed by atoms with E-state index in [1.165, 1.54) is 6.20 Å². The highest BCUT2D eigenvalue weighted by molar-refractivity contribution is 7.91. The molecule has 0 spiro atoms. The minimum absolute atomic E-state index is 0.0314. The van der Waals surface area contributed by atoms with Crippen molar-refractivity contribution in [2.24, 2.45) is 0 Å². The molecule has 1 aromatic rings. The van der Waals surface area contributed by atoms with Crippen LogP contribution in [0.4, 0.5) is 5.69 Å². The fraction of sp³-hybridized carbons (Fsp3) is 0.625. The van der Waals surface area contributed by atoms with Crippen molar-refractivity contribution in [3.63, 3.8) is 0 Å². The average molecular weight is 339 g/mol. The molecular formula is C16H25N3O3S. The largest absolute Gasteiger partial charge is 0.370 e. The Hall–Kier alpha value is -1.63. The first-order chi connectivity index (χ1) is 10.9. The molecule has 0 saturated carbocycles. The van der Waals surface area contributed by atoms with Crippen molar-refractivity contribution in [1.82, 2.24) is 10.3 Å². The number of nitrogens with one attached hydrogen (secondary N) is 1. The van der Waals surface area contributed by atoms with E-state index < -0.39 is 9.84 Å². The Morgan fingerprint density at radius 1 is 1.30 bits per heavy atom. The van der Waals surface area contributed by atoms with E-state index in [-0.39, 0.29) is 23.5 Å². The van der Waals surface area contributed by atoms with Crippen molar-refractivity contribution in [2.45, 2.75) is 39.2 Å². The molecule has 23 heavy (non-hydrogen) atoms. The lowest BCUT2D eigenvalue weighted by Gasteiger charge is -2.23. The summed E-state index contributed by atoms with van der Waals surface area (Å²) < 4.78 is 23.0. The highest BCUT2D eigenvalue weighted by atomic mass is 32.2. The molecule has 1 amide bonds. The summed E-state index contributed by atoms with van der Waals surface area (Å²) in [6.07, 6.45) is 5.83. The maximum Gasteiger partial charge on any atom is 0.253 e. The van der Waals surface area contributed by atoms with Crippen molar-refractivity contribution in [3.8, 4) is 0 Å². The second-order valence-corrected chi connectivity index (χ2v) is 8.22. The van der Waals surface area contributed by atoms with Crippen LogP contribution in [-0.4, -0.2) is 49.9 Å². The van der Waals surface area contributed by atoms with Crippen LogP contribution in [0.15, 0.2) is 18.5 Å². The van der Waals surface area contributed by atoms with Crippen molar-refractivity contribution in [2.75, 3.05) is 29.5 Å². The highest BCUT2D eigenvalue weighted by Crippen LogP contribution is 2.17. The molecule has 1 unspecified atom stereocenters. The number of hydrogen-bond donors (Lipinski definition) is 1. The zero-order valence-electron chi connectivity index (χ0n) is 13.8. The SMILES string of the molecule is CCCN(CCC)c1cncc(C(=O)NC2CCS(=O)(=O)C2)c1. The molecule has 0 aromatic carbocycles. The molecule has 1 aliphatic rings. The molecule has 7 heteroatoms. The summed E-state index contributed by atoms with van der Waals surface area (Å²) in [6, 6.07) is 1.54. The number of nitrogens with zero attached hydrogens (tertiary/aromatic N) is 2. The normalized spacial score (nSPS) is 19.5. The zero-order chi connectivity index (χ0) is 16.9. The van der Waals surface area contributed by atoms with Crippen molar-refractivity contribution >= 4 is 21.4 Å². The first kappa shape index (κ1) is 17.7. The van der Waals surface area contributed by atoms with Gasteiger partial charge in [-0.3, -0.25) is 9.78 Å². The lowest BCUT2D eigenvalue weighted by atomic mass is 10.2. The monoisotopic (exact) mass is 339 g/mol. The third-order valence-electron chi connectivity index (χ3n) is 3.91. The predicted molar refractivity (Wildman–Crippen MR) is 91.6 cm³/mol. The van der Waals surface area contributed by atoms with Crippen LogP contribution >= 0.6 is 0 Å². The van der Waals surface area contributed by atoms with Crippen molar-refractivity contribution in [1.29, 1.82) is 0 Å². The Labute approximate surface area is 138 Å². The number of anilines is 1. The van der Waals surface area contributed by atoms with Gasteiger partial charge in [-0.2, -0.15) is 0 Å². The molecule has 0 aliphatic carbocycles. The number of pyridine rings is 1. The molecular weight excluding hydrogens is 314 g/mol. The molecule has 1 fully saturated rings. The van der Waals surface area contributed by atoms with Crippen LogP contribution < -0.4 is 10.2 Å². The van der Waals surface area contributed by atoms with Crippen LogP contribution in [0.3, 0.4) is 0 Å². The number of sulfone groups is 1. The summed E-state index contributed by atoms with van der Waals surface area (Å²) >= 11 is 0. The van der Waals surface area contributed by atoms with Gasteiger partial charge in [0, 0.05) is 25.3 Å². The van der Waals surface area contributed by atoms with Crippen molar-refractivity contribution in [3.05, 3.63) is 24.0 Å². The fourth-order valence-electron chi connectivity index (χ4n) is 2.81. The van der Waals surface area contributed by atoms with Crippen LogP contribution in [0.25, 0.3) is 0 Å². The molecule has 1 aromatic heterocycles. The zero-order valence-corrected chi connectivity index (χ0v) is 14.6. The molecule has 2 heterocycles. The van der Waals surface area contributed by atoms with Gasteiger partial charge in [0.05, 0.1) is 29.0 Å². The number of aromatic nitrogens is 1. The number of amides is 1. The van der Waals surface area contributed by atoms with Gasteiger partial charge in [-0.05, 0) is 25.3 Å². The molecule has 1 saturated heterocycles. The van der Waals surface area contributed by atoms with Gasteiger partial charge in [0.15, 0.2) is 9.84 Å². The summed E-state index contributed by atoms with van der Waals surface area (Å²) in [5, 5.41) is 2.80. The summed E-state index contributed by atoms with van der Waals surface area (Å²) in [7, 11) is -3.00. The van der Waals surface area contributed by atoms with Gasteiger partial charge in [0.2, 0.25) is 0 Å². The minimum atomic E-state index is -3.00. The van der Waals surface area contributed by atoms with Gasteiger partial charge in [0.1, 0.15) is 0 Å². The quantitative estimate of drug-likeness (QED) is 0.817. The molecule has 0 bridgehead atoms. The van der Waals surface area contributed by atoms with Crippen LogP contribution in [0.1, 0.15) is 43.5 Å². The Morgan fingerprint density at radius 2 is 2.00 bits per heavy atom. The first-order valence-electron chi connectivity index (χ1n) is 8.16. The number of carbonyl (C=O) groups is 1. The van der Waals surface area contributed by atoms with Gasteiger partial charge in [0.25, 0.3) is 5.91 Å². The summed E-state index contributed by atoms with van der Waals surface area (Å²) in [6.45, 7) is 6.07. The smallest absolute Gasteiger partial charge is 0.253 e. The number of hydrogen-bond acceptors (Lipinski definition) is 5. The van der Waals surface area contributed by atoms with Crippen LogP contribution in [-0.2, 0) is 9.84 Å². The standard InChI is InChI=1S/C16H25N3O3S/c1-3-6-19(7-4-2)15-9-13(10-17-11-15)16(20)18-14-5-8-23(21,22)12-14/h9-11,14H,3-8,12H2,1-2H3,(H,18,20). The van der Waals surface area contributed by atoms with E-state index >= 15 is 0 Å². The molecule has 1 atom stereocenters. The Morgan fingerprint density at radius 3 is 2.57 bits per heavy atom. The highest BCUT2D eigenvalue weighted by Gasteiger charge is 2.29. The van der Waals surface area contributed by atoms with E-state index in [1.54, 1.807) is 6.20 Å². The van der Waals surface area contributed by atoms with E-state index in [9.17, 15) is 13.2 Å². The molecule has 0 radical (unpaired) electrons. The summed E-state index contributed by atoms with van der Waals surface area (Å²) in [4.78, 5) is 18.7. The maximum absolute atomic E-state index is 12.3. The van der Waals surface area contributed by atoms with Gasteiger partial charge in [-0.15, -0.1) is 0 Å². The average Bonchev–Trinajstić information content (AvgIpc) is 2.86. The van der Waals surface area contributed by atoms with Gasteiger partial charge >= 0.3 is 0 Å². The third kappa shape index (κ3) is 4.92. The second-order valence-electron chi connectivity index (χ2n) is 5.99. The Kier molecular flexibility index (Phi) is 5.98. The predicted octanol–water partition coefficient (Wildman–Crippen LogP) is 1.62. The van der Waals surface area contributed by atoms with Gasteiger partial charge in [-0.1, -0.05) is 13.8 Å². The summed E-state index contributed by atoms with van der Waals surface area (Å²) in [5.41, 5.74) is 1.41. The van der Waals surface area contributed by atoms with E-state index in [0.717, 1.165) is 31.6 Å². The minimum Gasteiger partial charge on any atom is -0.370 e. The van der Waals surface area contributed by atoms with Crippen molar-refractivity contribution < 1.29 is 13.2 Å². The second kappa shape index (κ2) is 7.77. The Bertz CT molecular complexity index is 640. The molecule has 1 N–H and O–H groups in total. The van der Waals surface area contributed by atoms with E-state index in [2.05, 4.69) is 29.0 Å². The maximum atomic E-state index is 12.3. The molecule has 2 rings (SSSR count). The topological polar surface area (TPSA) is 79.4 Å². The van der Waals surface area contributed by atoms with E-state index in [4.69, 9.17) is 0 Å². The third-order valence-corrected chi connectivity index (χ3v) is 5.67. The van der Waals surface area contributed by atoms with Crippen LogP contribution in [0.2, 0.25) is 0 Å². The molecule has 1 aliphatic heterocycles.